The monoisotopic (exact) mass is 323 g/mol. The summed E-state index contributed by atoms with van der Waals surface area (Å²) >= 11 is 0. The highest BCUT2D eigenvalue weighted by molar-refractivity contribution is 5.83. The zero-order valence-corrected chi connectivity index (χ0v) is 13.9. The number of amides is 1. The van der Waals surface area contributed by atoms with Crippen molar-refractivity contribution in [1.29, 1.82) is 0 Å². The molecule has 5 nitrogen and oxygen atoms in total. The van der Waals surface area contributed by atoms with E-state index in [0.29, 0.717) is 6.54 Å². The number of carbonyl (C=O) groups is 1. The van der Waals surface area contributed by atoms with E-state index in [1.54, 1.807) is 10.9 Å². The predicted molar refractivity (Wildman–Crippen MR) is 92.2 cm³/mol. The molecule has 5 heteroatoms. The molecule has 0 saturated carbocycles. The number of rotatable bonds is 6. The molecule has 1 aromatic carbocycles. The van der Waals surface area contributed by atoms with Gasteiger partial charge in [0.25, 0.3) is 0 Å². The number of hydrogen-bond acceptors (Lipinski definition) is 3. The lowest BCUT2D eigenvalue weighted by molar-refractivity contribution is -0.122. The van der Waals surface area contributed by atoms with Crippen molar-refractivity contribution < 1.29 is 9.21 Å². The van der Waals surface area contributed by atoms with E-state index in [1.165, 1.54) is 0 Å². The van der Waals surface area contributed by atoms with E-state index in [9.17, 15) is 4.79 Å². The average molecular weight is 323 g/mol. The third kappa shape index (κ3) is 3.40. The molecule has 0 bridgehead atoms. The van der Waals surface area contributed by atoms with Crippen molar-refractivity contribution >= 4 is 5.91 Å². The molecule has 1 amide bonds. The molecular formula is C19H21N3O2. The first kappa shape index (κ1) is 16.1. The normalized spacial score (nSPS) is 12.1. The predicted octanol–water partition coefficient (Wildman–Crippen LogP) is 3.49. The molecule has 0 spiro atoms. The Labute approximate surface area is 141 Å². The van der Waals surface area contributed by atoms with Crippen LogP contribution in [0.4, 0.5) is 0 Å². The number of nitrogens with zero attached hydrogens (tertiary/aromatic N) is 2. The summed E-state index contributed by atoms with van der Waals surface area (Å²) in [5.41, 5.74) is 2.73. The van der Waals surface area contributed by atoms with E-state index in [2.05, 4.69) is 10.4 Å². The molecule has 3 rings (SSSR count). The van der Waals surface area contributed by atoms with Crippen molar-refractivity contribution in [3.63, 3.8) is 0 Å². The van der Waals surface area contributed by atoms with Crippen LogP contribution in [-0.4, -0.2) is 15.7 Å². The summed E-state index contributed by atoms with van der Waals surface area (Å²) in [7, 11) is 1.86. The SMILES string of the molecule is CCC(C(=O)NCc1cc(-c2ccco2)n(C)n1)c1ccccc1. The summed E-state index contributed by atoms with van der Waals surface area (Å²) in [6, 6.07) is 15.5. The molecule has 1 unspecified atom stereocenters. The number of aryl methyl sites for hydroxylation is 1. The van der Waals surface area contributed by atoms with Crippen molar-refractivity contribution in [3.05, 3.63) is 66.1 Å². The first-order valence-electron chi connectivity index (χ1n) is 8.08. The van der Waals surface area contributed by atoms with Crippen LogP contribution in [0.2, 0.25) is 0 Å². The van der Waals surface area contributed by atoms with Gasteiger partial charge in [-0.1, -0.05) is 37.3 Å². The summed E-state index contributed by atoms with van der Waals surface area (Å²) in [5.74, 6) is 0.645. The Morgan fingerprint density at radius 1 is 1.25 bits per heavy atom. The minimum Gasteiger partial charge on any atom is -0.463 e. The maximum atomic E-state index is 12.5. The molecule has 0 aliphatic heterocycles. The van der Waals surface area contributed by atoms with Gasteiger partial charge in [-0.2, -0.15) is 5.10 Å². The summed E-state index contributed by atoms with van der Waals surface area (Å²) < 4.78 is 7.16. The molecular weight excluding hydrogens is 302 g/mol. The van der Waals surface area contributed by atoms with Gasteiger partial charge in [0.2, 0.25) is 5.91 Å². The molecule has 3 aromatic rings. The van der Waals surface area contributed by atoms with Gasteiger partial charge >= 0.3 is 0 Å². The highest BCUT2D eigenvalue weighted by Gasteiger charge is 2.18. The number of carbonyl (C=O) groups excluding carboxylic acids is 1. The Balaban J connectivity index is 1.67. The lowest BCUT2D eigenvalue weighted by atomic mass is 9.96. The maximum Gasteiger partial charge on any atom is 0.227 e. The fraction of sp³-hybridized carbons (Fsp3) is 0.263. The van der Waals surface area contributed by atoms with E-state index in [4.69, 9.17) is 4.42 Å². The first-order chi connectivity index (χ1) is 11.7. The van der Waals surface area contributed by atoms with Crippen LogP contribution in [0.3, 0.4) is 0 Å². The van der Waals surface area contributed by atoms with Gasteiger partial charge in [0.05, 0.1) is 24.4 Å². The van der Waals surface area contributed by atoms with E-state index in [-0.39, 0.29) is 11.8 Å². The third-order valence-electron chi connectivity index (χ3n) is 4.07. The van der Waals surface area contributed by atoms with E-state index in [1.807, 2.05) is 62.5 Å². The van der Waals surface area contributed by atoms with Crippen LogP contribution >= 0.6 is 0 Å². The fourth-order valence-corrected chi connectivity index (χ4v) is 2.83. The molecule has 24 heavy (non-hydrogen) atoms. The zero-order chi connectivity index (χ0) is 16.9. The molecule has 1 N–H and O–H groups in total. The van der Waals surface area contributed by atoms with Gasteiger partial charge in [-0.25, -0.2) is 0 Å². The maximum absolute atomic E-state index is 12.5. The highest BCUT2D eigenvalue weighted by atomic mass is 16.3. The largest absolute Gasteiger partial charge is 0.463 e. The average Bonchev–Trinajstić information content (AvgIpc) is 3.24. The molecule has 0 radical (unpaired) electrons. The van der Waals surface area contributed by atoms with E-state index < -0.39 is 0 Å². The van der Waals surface area contributed by atoms with Crippen LogP contribution in [0.1, 0.15) is 30.5 Å². The zero-order valence-electron chi connectivity index (χ0n) is 13.9. The van der Waals surface area contributed by atoms with Crippen LogP contribution in [-0.2, 0) is 18.4 Å². The third-order valence-corrected chi connectivity index (χ3v) is 4.07. The summed E-state index contributed by atoms with van der Waals surface area (Å²) in [6.45, 7) is 2.42. The Hall–Kier alpha value is -2.82. The van der Waals surface area contributed by atoms with Crippen molar-refractivity contribution in [2.75, 3.05) is 0 Å². The lowest BCUT2D eigenvalue weighted by Crippen LogP contribution is -2.28. The minimum absolute atomic E-state index is 0.0221. The van der Waals surface area contributed by atoms with Gasteiger partial charge in [-0.15, -0.1) is 0 Å². The molecule has 0 aliphatic rings. The Bertz CT molecular complexity index is 791. The molecule has 0 fully saturated rings. The smallest absolute Gasteiger partial charge is 0.227 e. The highest BCUT2D eigenvalue weighted by Crippen LogP contribution is 2.21. The van der Waals surface area contributed by atoms with Crippen molar-refractivity contribution in [2.45, 2.75) is 25.8 Å². The Morgan fingerprint density at radius 2 is 2.04 bits per heavy atom. The second kappa shape index (κ2) is 7.17. The number of hydrogen-bond donors (Lipinski definition) is 1. The fourth-order valence-electron chi connectivity index (χ4n) is 2.83. The van der Waals surface area contributed by atoms with Crippen molar-refractivity contribution in [1.82, 2.24) is 15.1 Å². The van der Waals surface area contributed by atoms with Gasteiger partial charge < -0.3 is 9.73 Å². The minimum atomic E-state index is -0.139. The van der Waals surface area contributed by atoms with Crippen LogP contribution in [0, 0.1) is 0 Å². The Kier molecular flexibility index (Phi) is 4.79. The van der Waals surface area contributed by atoms with Crippen molar-refractivity contribution in [2.24, 2.45) is 7.05 Å². The van der Waals surface area contributed by atoms with Gasteiger partial charge in [0, 0.05) is 7.05 Å². The van der Waals surface area contributed by atoms with Crippen LogP contribution in [0.5, 0.6) is 0 Å². The summed E-state index contributed by atoms with van der Waals surface area (Å²) in [6.07, 6.45) is 2.39. The van der Waals surface area contributed by atoms with E-state index >= 15 is 0 Å². The number of aromatic nitrogens is 2. The van der Waals surface area contributed by atoms with Crippen LogP contribution in [0.25, 0.3) is 11.5 Å². The second-order valence-corrected chi connectivity index (χ2v) is 5.71. The van der Waals surface area contributed by atoms with Gasteiger partial charge in [-0.3, -0.25) is 9.48 Å². The van der Waals surface area contributed by atoms with Gasteiger partial charge in [0.1, 0.15) is 5.69 Å². The number of nitrogens with one attached hydrogen (secondary N) is 1. The van der Waals surface area contributed by atoms with Gasteiger partial charge in [0.15, 0.2) is 5.76 Å². The molecule has 124 valence electrons. The molecule has 1 atom stereocenters. The number of furan rings is 1. The number of benzene rings is 1. The summed E-state index contributed by atoms with van der Waals surface area (Å²) in [5, 5.41) is 7.43. The van der Waals surface area contributed by atoms with Crippen LogP contribution < -0.4 is 5.32 Å². The molecule has 0 saturated heterocycles. The quantitative estimate of drug-likeness (QED) is 0.755. The standard InChI is InChI=1S/C19H21N3O2/c1-3-16(14-8-5-4-6-9-14)19(23)20-13-15-12-17(22(2)21-15)18-10-7-11-24-18/h4-12,16H,3,13H2,1-2H3,(H,20,23). The van der Waals surface area contributed by atoms with Crippen LogP contribution in [0.15, 0.2) is 59.2 Å². The van der Waals surface area contributed by atoms with Crippen molar-refractivity contribution in [3.8, 4) is 11.5 Å². The van der Waals surface area contributed by atoms with Gasteiger partial charge in [-0.05, 0) is 30.2 Å². The molecule has 2 aromatic heterocycles. The Morgan fingerprint density at radius 3 is 2.71 bits per heavy atom. The second-order valence-electron chi connectivity index (χ2n) is 5.71. The topological polar surface area (TPSA) is 60.1 Å². The molecule has 0 aliphatic carbocycles. The summed E-state index contributed by atoms with van der Waals surface area (Å²) in [4.78, 5) is 12.5. The lowest BCUT2D eigenvalue weighted by Gasteiger charge is -2.14. The van der Waals surface area contributed by atoms with E-state index in [0.717, 1.165) is 29.1 Å². The molecule has 2 heterocycles. The first-order valence-corrected chi connectivity index (χ1v) is 8.08.